The van der Waals surface area contributed by atoms with Crippen LogP contribution in [-0.2, 0) is 4.74 Å². The SMILES string of the molecule is CCCNCCOCCNCC(C)C.[HH].[HH]. The van der Waals surface area contributed by atoms with E-state index in [1.165, 1.54) is 6.42 Å². The van der Waals surface area contributed by atoms with Crippen LogP contribution in [0, 0.1) is 5.92 Å². The fourth-order valence-corrected chi connectivity index (χ4v) is 1.08. The highest BCUT2D eigenvalue weighted by atomic mass is 16.5. The maximum atomic E-state index is 5.44. The van der Waals surface area contributed by atoms with Crippen LogP contribution in [0.25, 0.3) is 0 Å². The first-order valence-corrected chi connectivity index (χ1v) is 5.76. The Morgan fingerprint density at radius 3 is 2.29 bits per heavy atom. The number of hydrogen-bond acceptors (Lipinski definition) is 3. The molecule has 0 heterocycles. The van der Waals surface area contributed by atoms with E-state index in [0.717, 1.165) is 45.3 Å². The molecule has 0 aliphatic rings. The third-order valence-corrected chi connectivity index (χ3v) is 1.83. The van der Waals surface area contributed by atoms with Crippen LogP contribution in [0.5, 0.6) is 0 Å². The number of hydrogen-bond donors (Lipinski definition) is 2. The summed E-state index contributed by atoms with van der Waals surface area (Å²) in [5.41, 5.74) is 0. The Bertz CT molecular complexity index is 116. The lowest BCUT2D eigenvalue weighted by molar-refractivity contribution is 0.137. The van der Waals surface area contributed by atoms with E-state index in [-0.39, 0.29) is 2.85 Å². The van der Waals surface area contributed by atoms with E-state index in [2.05, 4.69) is 31.4 Å². The molecule has 2 N–H and O–H groups in total. The fourth-order valence-electron chi connectivity index (χ4n) is 1.08. The van der Waals surface area contributed by atoms with Crippen molar-refractivity contribution >= 4 is 0 Å². The first-order valence-electron chi connectivity index (χ1n) is 5.76. The zero-order valence-electron chi connectivity index (χ0n) is 9.94. The van der Waals surface area contributed by atoms with E-state index >= 15 is 0 Å². The lowest BCUT2D eigenvalue weighted by Gasteiger charge is -2.08. The Kier molecular flexibility index (Phi) is 10.9. The molecular weight excluding hydrogens is 176 g/mol. The summed E-state index contributed by atoms with van der Waals surface area (Å²) in [5.74, 6) is 0.723. The molecule has 0 radical (unpaired) electrons. The third kappa shape index (κ3) is 11.9. The molecule has 0 fully saturated rings. The summed E-state index contributed by atoms with van der Waals surface area (Å²) in [5, 5.41) is 6.64. The molecule has 0 aliphatic heterocycles. The smallest absolute Gasteiger partial charge is 0.0591 e. The van der Waals surface area contributed by atoms with E-state index in [0.29, 0.717) is 0 Å². The summed E-state index contributed by atoms with van der Waals surface area (Å²) in [4.78, 5) is 0. The van der Waals surface area contributed by atoms with Gasteiger partial charge < -0.3 is 15.4 Å². The first-order chi connectivity index (χ1) is 6.77. The maximum Gasteiger partial charge on any atom is 0.0591 e. The molecule has 0 amide bonds. The van der Waals surface area contributed by atoms with Crippen LogP contribution in [0.2, 0.25) is 0 Å². The molecule has 0 aromatic rings. The zero-order valence-corrected chi connectivity index (χ0v) is 9.94. The largest absolute Gasteiger partial charge is 0.379 e. The molecule has 3 heteroatoms. The minimum absolute atomic E-state index is 0. The highest BCUT2D eigenvalue weighted by molar-refractivity contribution is 4.50. The Morgan fingerprint density at radius 1 is 1.07 bits per heavy atom. The van der Waals surface area contributed by atoms with Crippen LogP contribution in [0.3, 0.4) is 0 Å². The van der Waals surface area contributed by atoms with E-state index in [4.69, 9.17) is 4.74 Å². The van der Waals surface area contributed by atoms with E-state index in [9.17, 15) is 0 Å². The van der Waals surface area contributed by atoms with Crippen LogP contribution >= 0.6 is 0 Å². The molecule has 14 heavy (non-hydrogen) atoms. The minimum atomic E-state index is 0. The van der Waals surface area contributed by atoms with Gasteiger partial charge in [0.05, 0.1) is 13.2 Å². The van der Waals surface area contributed by atoms with Gasteiger partial charge in [-0.25, -0.2) is 0 Å². The zero-order chi connectivity index (χ0) is 10.6. The number of nitrogens with one attached hydrogen (secondary N) is 2. The maximum absolute atomic E-state index is 5.44. The van der Waals surface area contributed by atoms with Crippen LogP contribution in [-0.4, -0.2) is 39.4 Å². The summed E-state index contributed by atoms with van der Waals surface area (Å²) < 4.78 is 5.44. The molecule has 3 nitrogen and oxygen atoms in total. The lowest BCUT2D eigenvalue weighted by Crippen LogP contribution is -2.26. The average molecular weight is 206 g/mol. The van der Waals surface area contributed by atoms with Crippen LogP contribution in [0.1, 0.15) is 30.0 Å². The van der Waals surface area contributed by atoms with E-state index < -0.39 is 0 Å². The first kappa shape index (κ1) is 13.9. The van der Waals surface area contributed by atoms with E-state index in [1.54, 1.807) is 0 Å². The van der Waals surface area contributed by atoms with Gasteiger partial charge in [-0.15, -0.1) is 0 Å². The van der Waals surface area contributed by atoms with Gasteiger partial charge in [0.25, 0.3) is 0 Å². The van der Waals surface area contributed by atoms with Crippen molar-refractivity contribution in [1.82, 2.24) is 10.6 Å². The predicted octanol–water partition coefficient (Wildman–Crippen LogP) is 1.74. The number of rotatable bonds is 10. The van der Waals surface area contributed by atoms with Gasteiger partial charge in [-0.2, -0.15) is 0 Å². The molecule has 0 saturated carbocycles. The predicted molar refractivity (Wildman–Crippen MR) is 65.9 cm³/mol. The van der Waals surface area contributed by atoms with Gasteiger partial charge in [0, 0.05) is 15.9 Å². The minimum Gasteiger partial charge on any atom is -0.379 e. The molecule has 0 unspecified atom stereocenters. The molecule has 0 atom stereocenters. The highest BCUT2D eigenvalue weighted by Crippen LogP contribution is 1.85. The van der Waals surface area contributed by atoms with Gasteiger partial charge in [-0.3, -0.25) is 0 Å². The quantitative estimate of drug-likeness (QED) is 0.534. The van der Waals surface area contributed by atoms with Crippen LogP contribution in [0.15, 0.2) is 0 Å². The standard InChI is InChI=1S/C11H26N2O.2H2/c1-4-5-12-6-8-14-9-7-13-10-11(2)3;;/h11-13H,4-10H2,1-3H3;2*1H. The summed E-state index contributed by atoms with van der Waals surface area (Å²) in [7, 11) is 0. The van der Waals surface area contributed by atoms with Gasteiger partial charge in [0.15, 0.2) is 0 Å². The molecule has 90 valence electrons. The van der Waals surface area contributed by atoms with Gasteiger partial charge in [-0.1, -0.05) is 20.8 Å². The molecule has 0 saturated heterocycles. The Morgan fingerprint density at radius 2 is 1.71 bits per heavy atom. The summed E-state index contributed by atoms with van der Waals surface area (Å²) >= 11 is 0. The normalized spacial score (nSPS) is 11.1. The molecule has 0 rings (SSSR count). The molecule has 0 aromatic carbocycles. The van der Waals surface area contributed by atoms with Crippen molar-refractivity contribution in [3.63, 3.8) is 0 Å². The van der Waals surface area contributed by atoms with Crippen molar-refractivity contribution in [1.29, 1.82) is 0 Å². The van der Waals surface area contributed by atoms with Gasteiger partial charge >= 0.3 is 0 Å². The molecule has 0 bridgehead atoms. The van der Waals surface area contributed by atoms with Gasteiger partial charge in [0.1, 0.15) is 0 Å². The fraction of sp³-hybridized carbons (Fsp3) is 1.00. The Labute approximate surface area is 91.6 Å². The molecular formula is C11H30N2O. The van der Waals surface area contributed by atoms with Crippen molar-refractivity contribution in [3.8, 4) is 0 Å². The van der Waals surface area contributed by atoms with Crippen molar-refractivity contribution in [2.45, 2.75) is 27.2 Å². The highest BCUT2D eigenvalue weighted by Gasteiger charge is 1.92. The van der Waals surface area contributed by atoms with Crippen LogP contribution < -0.4 is 10.6 Å². The van der Waals surface area contributed by atoms with Crippen LogP contribution in [0.4, 0.5) is 0 Å². The lowest BCUT2D eigenvalue weighted by atomic mass is 10.2. The molecule has 0 aromatic heterocycles. The second kappa shape index (κ2) is 11.0. The topological polar surface area (TPSA) is 33.3 Å². The average Bonchev–Trinajstić information content (AvgIpc) is 2.15. The van der Waals surface area contributed by atoms with Crippen molar-refractivity contribution in [2.24, 2.45) is 5.92 Å². The summed E-state index contributed by atoms with van der Waals surface area (Å²) in [6.07, 6.45) is 1.19. The van der Waals surface area contributed by atoms with Crippen molar-refractivity contribution in [2.75, 3.05) is 39.4 Å². The molecule has 0 aliphatic carbocycles. The summed E-state index contributed by atoms with van der Waals surface area (Å²) in [6.45, 7) is 12.3. The van der Waals surface area contributed by atoms with Crippen molar-refractivity contribution < 1.29 is 7.59 Å². The molecule has 0 spiro atoms. The Balaban J connectivity index is -0.000000845. The number of ether oxygens (including phenoxy) is 1. The van der Waals surface area contributed by atoms with Crippen molar-refractivity contribution in [3.05, 3.63) is 0 Å². The monoisotopic (exact) mass is 206 g/mol. The Hall–Kier alpha value is -0.120. The second-order valence-corrected chi connectivity index (χ2v) is 3.96. The second-order valence-electron chi connectivity index (χ2n) is 3.96. The van der Waals surface area contributed by atoms with Gasteiger partial charge in [-0.05, 0) is 25.4 Å². The van der Waals surface area contributed by atoms with Gasteiger partial charge in [0.2, 0.25) is 0 Å². The van der Waals surface area contributed by atoms with E-state index in [1.807, 2.05) is 0 Å². The third-order valence-electron chi connectivity index (χ3n) is 1.83. The summed E-state index contributed by atoms with van der Waals surface area (Å²) in [6, 6.07) is 0.